The highest BCUT2D eigenvalue weighted by Gasteiger charge is 2.17. The molecule has 26 heavy (non-hydrogen) atoms. The average Bonchev–Trinajstić information content (AvgIpc) is 2.68. The maximum Gasteiger partial charge on any atom is 0.193 e. The van der Waals surface area contributed by atoms with E-state index in [-0.39, 0.29) is 5.78 Å². The lowest BCUT2D eigenvalue weighted by Crippen LogP contribution is -2.40. The second kappa shape index (κ2) is 8.23. The van der Waals surface area contributed by atoms with Crippen LogP contribution < -0.4 is 16.2 Å². The third-order valence-electron chi connectivity index (χ3n) is 4.95. The number of nitrogen functional groups attached to an aromatic ring is 2. The zero-order chi connectivity index (χ0) is 18.5. The zero-order valence-electron chi connectivity index (χ0n) is 15.3. The van der Waals surface area contributed by atoms with E-state index in [1.54, 1.807) is 30.3 Å². The molecule has 0 bridgehead atoms. The predicted octanol–water partition coefficient (Wildman–Crippen LogP) is 3.34. The fourth-order valence-electron chi connectivity index (χ4n) is 3.29. The van der Waals surface area contributed by atoms with Gasteiger partial charge in [-0.25, -0.2) is 0 Å². The molecule has 0 aromatic heterocycles. The number of nitrogens with zero attached hydrogens (tertiary/aromatic N) is 1. The van der Waals surface area contributed by atoms with E-state index in [0.717, 1.165) is 13.1 Å². The van der Waals surface area contributed by atoms with E-state index in [1.165, 1.54) is 19.3 Å². The van der Waals surface area contributed by atoms with E-state index >= 15 is 0 Å². The molecule has 0 spiro atoms. The number of anilines is 2. The minimum absolute atomic E-state index is 0.0915. The Labute approximate surface area is 154 Å². The van der Waals surface area contributed by atoms with Crippen molar-refractivity contribution in [3.63, 3.8) is 0 Å². The number of carbonyl (C=O) groups excluding carboxylic acids is 1. The van der Waals surface area contributed by atoms with Crippen LogP contribution in [-0.2, 0) is 0 Å². The van der Waals surface area contributed by atoms with Gasteiger partial charge in [0.25, 0.3) is 0 Å². The van der Waals surface area contributed by atoms with E-state index in [2.05, 4.69) is 11.8 Å². The van der Waals surface area contributed by atoms with Crippen LogP contribution in [0.1, 0.15) is 42.1 Å². The molecule has 2 aromatic rings. The minimum Gasteiger partial charge on any atom is -0.492 e. The normalized spacial score (nSPS) is 16.2. The number of nitrogens with two attached hydrogens (primary N) is 2. The molecule has 1 saturated heterocycles. The molecule has 1 heterocycles. The quantitative estimate of drug-likeness (QED) is 0.615. The van der Waals surface area contributed by atoms with Gasteiger partial charge in [0.05, 0.1) is 11.4 Å². The van der Waals surface area contributed by atoms with Gasteiger partial charge in [-0.3, -0.25) is 9.69 Å². The molecule has 1 unspecified atom stereocenters. The Balaban J connectivity index is 1.65. The van der Waals surface area contributed by atoms with Crippen LogP contribution in [0.25, 0.3) is 0 Å². The summed E-state index contributed by atoms with van der Waals surface area (Å²) in [7, 11) is 0. The van der Waals surface area contributed by atoms with Gasteiger partial charge in [0.2, 0.25) is 0 Å². The van der Waals surface area contributed by atoms with Crippen molar-refractivity contribution in [2.24, 2.45) is 0 Å². The summed E-state index contributed by atoms with van der Waals surface area (Å²) in [5.41, 5.74) is 13.5. The van der Waals surface area contributed by atoms with Crippen molar-refractivity contribution in [3.05, 3.63) is 53.6 Å². The Kier molecular flexibility index (Phi) is 5.78. The lowest BCUT2D eigenvalue weighted by atomic mass is 10.0. The second-order valence-electron chi connectivity index (χ2n) is 6.96. The number of benzene rings is 2. The van der Waals surface area contributed by atoms with Gasteiger partial charge in [-0.05, 0) is 63.2 Å². The molecular weight excluding hydrogens is 326 g/mol. The SMILES string of the molecule is CC(COc1cccc(C(=O)c2ccc(N)c(N)c2)c1)N1CCCCC1. The number of rotatable bonds is 6. The number of ketones is 1. The van der Waals surface area contributed by atoms with Crippen molar-refractivity contribution in [1.82, 2.24) is 4.90 Å². The standard InChI is InChI=1S/C21H27N3O2/c1-15(24-10-3-2-4-11-24)14-26-18-7-5-6-16(12-18)21(25)17-8-9-19(22)20(23)13-17/h5-9,12-13,15H,2-4,10-11,14,22-23H2,1H3. The third-order valence-corrected chi connectivity index (χ3v) is 4.95. The second-order valence-corrected chi connectivity index (χ2v) is 6.96. The van der Waals surface area contributed by atoms with Crippen LogP contribution in [0.5, 0.6) is 5.75 Å². The van der Waals surface area contributed by atoms with Gasteiger partial charge < -0.3 is 16.2 Å². The van der Waals surface area contributed by atoms with E-state index in [0.29, 0.717) is 40.9 Å². The Morgan fingerprint density at radius 3 is 2.50 bits per heavy atom. The van der Waals surface area contributed by atoms with E-state index in [9.17, 15) is 4.79 Å². The number of carbonyl (C=O) groups is 1. The minimum atomic E-state index is -0.0915. The van der Waals surface area contributed by atoms with Crippen LogP contribution in [-0.4, -0.2) is 36.4 Å². The van der Waals surface area contributed by atoms with Crippen LogP contribution in [0.15, 0.2) is 42.5 Å². The summed E-state index contributed by atoms with van der Waals surface area (Å²) in [5.74, 6) is 0.620. The zero-order valence-corrected chi connectivity index (χ0v) is 15.3. The van der Waals surface area contributed by atoms with E-state index in [4.69, 9.17) is 16.2 Å². The molecule has 5 nitrogen and oxygen atoms in total. The lowest BCUT2D eigenvalue weighted by molar-refractivity contribution is 0.103. The highest BCUT2D eigenvalue weighted by molar-refractivity contribution is 6.10. The molecule has 138 valence electrons. The summed E-state index contributed by atoms with van der Waals surface area (Å²) in [6, 6.07) is 12.6. The number of hydrogen-bond donors (Lipinski definition) is 2. The maximum atomic E-state index is 12.7. The van der Waals surface area contributed by atoms with Crippen molar-refractivity contribution in [3.8, 4) is 5.75 Å². The number of likely N-dealkylation sites (tertiary alicyclic amines) is 1. The van der Waals surface area contributed by atoms with Crippen LogP contribution in [0.4, 0.5) is 11.4 Å². The number of hydrogen-bond acceptors (Lipinski definition) is 5. The topological polar surface area (TPSA) is 81.6 Å². The Morgan fingerprint density at radius 2 is 1.77 bits per heavy atom. The molecule has 1 aliphatic rings. The molecule has 5 heteroatoms. The molecule has 1 atom stereocenters. The van der Waals surface area contributed by atoms with Crippen molar-refractivity contribution < 1.29 is 9.53 Å². The van der Waals surface area contributed by atoms with Crippen LogP contribution in [0.3, 0.4) is 0 Å². The van der Waals surface area contributed by atoms with Crippen molar-refractivity contribution in [2.75, 3.05) is 31.2 Å². The molecule has 1 fully saturated rings. The molecule has 0 saturated carbocycles. The van der Waals surface area contributed by atoms with Gasteiger partial charge >= 0.3 is 0 Å². The van der Waals surface area contributed by atoms with E-state index < -0.39 is 0 Å². The summed E-state index contributed by atoms with van der Waals surface area (Å²) in [6.07, 6.45) is 3.85. The molecule has 4 N–H and O–H groups in total. The number of ether oxygens (including phenoxy) is 1. The maximum absolute atomic E-state index is 12.7. The molecule has 3 rings (SSSR count). The van der Waals surface area contributed by atoms with Gasteiger partial charge in [0.1, 0.15) is 12.4 Å². The van der Waals surface area contributed by atoms with Gasteiger partial charge in [0.15, 0.2) is 5.78 Å². The fourth-order valence-corrected chi connectivity index (χ4v) is 3.29. The van der Waals surface area contributed by atoms with Crippen LogP contribution in [0.2, 0.25) is 0 Å². The van der Waals surface area contributed by atoms with Crippen LogP contribution >= 0.6 is 0 Å². The monoisotopic (exact) mass is 353 g/mol. The summed E-state index contributed by atoms with van der Waals surface area (Å²) in [6.45, 7) is 5.09. The Bertz CT molecular complexity index is 770. The first-order valence-electron chi connectivity index (χ1n) is 9.21. The van der Waals surface area contributed by atoms with Crippen LogP contribution in [0, 0.1) is 0 Å². The summed E-state index contributed by atoms with van der Waals surface area (Å²) in [4.78, 5) is 15.2. The largest absolute Gasteiger partial charge is 0.492 e. The lowest BCUT2D eigenvalue weighted by Gasteiger charge is -2.32. The predicted molar refractivity (Wildman–Crippen MR) is 106 cm³/mol. The number of piperidine rings is 1. The van der Waals surface area contributed by atoms with Crippen molar-refractivity contribution >= 4 is 17.2 Å². The van der Waals surface area contributed by atoms with Crippen molar-refractivity contribution in [1.29, 1.82) is 0 Å². The summed E-state index contributed by atoms with van der Waals surface area (Å²) in [5, 5.41) is 0. The third kappa shape index (κ3) is 4.35. The Morgan fingerprint density at radius 1 is 1.04 bits per heavy atom. The highest BCUT2D eigenvalue weighted by Crippen LogP contribution is 2.21. The average molecular weight is 353 g/mol. The first-order valence-corrected chi connectivity index (χ1v) is 9.21. The summed E-state index contributed by atoms with van der Waals surface area (Å²) >= 11 is 0. The molecular formula is C21H27N3O2. The smallest absolute Gasteiger partial charge is 0.193 e. The molecule has 0 amide bonds. The van der Waals surface area contributed by atoms with Gasteiger partial charge in [0, 0.05) is 17.2 Å². The first kappa shape index (κ1) is 18.3. The highest BCUT2D eigenvalue weighted by atomic mass is 16.5. The fraction of sp³-hybridized carbons (Fsp3) is 0.381. The van der Waals surface area contributed by atoms with Gasteiger partial charge in [-0.2, -0.15) is 0 Å². The van der Waals surface area contributed by atoms with E-state index in [1.807, 2.05) is 12.1 Å². The molecule has 1 aliphatic heterocycles. The summed E-state index contributed by atoms with van der Waals surface area (Å²) < 4.78 is 5.95. The first-order chi connectivity index (χ1) is 12.5. The van der Waals surface area contributed by atoms with Gasteiger partial charge in [-0.1, -0.05) is 18.6 Å². The molecule has 0 radical (unpaired) electrons. The molecule has 2 aromatic carbocycles. The molecule has 0 aliphatic carbocycles. The van der Waals surface area contributed by atoms with Gasteiger partial charge in [-0.15, -0.1) is 0 Å². The van der Waals surface area contributed by atoms with Crippen molar-refractivity contribution in [2.45, 2.75) is 32.2 Å². The Hall–Kier alpha value is -2.53.